The lowest BCUT2D eigenvalue weighted by atomic mass is 9.99. The highest BCUT2D eigenvalue weighted by Gasteiger charge is 2.15. The van der Waals surface area contributed by atoms with Crippen molar-refractivity contribution in [3.63, 3.8) is 0 Å². The number of ether oxygens (including phenoxy) is 1. The number of aromatic amines is 2. The molecule has 1 aromatic carbocycles. The number of rotatable bonds is 5. The summed E-state index contributed by atoms with van der Waals surface area (Å²) in [5, 5.41) is 4.62. The van der Waals surface area contributed by atoms with Crippen LogP contribution in [0, 0.1) is 0 Å². The maximum atomic E-state index is 12.6. The number of benzene rings is 1. The monoisotopic (exact) mass is 375 g/mol. The van der Waals surface area contributed by atoms with Gasteiger partial charge in [0.25, 0.3) is 5.56 Å². The molecule has 2 aliphatic rings. The number of fused-ring (bicyclic) bond motifs is 2. The molecule has 5 rings (SSSR count). The lowest BCUT2D eigenvalue weighted by Crippen LogP contribution is -2.25. The van der Waals surface area contributed by atoms with Crippen molar-refractivity contribution in [1.82, 2.24) is 15.3 Å². The Labute approximate surface area is 163 Å². The quantitative estimate of drug-likeness (QED) is 0.636. The first kappa shape index (κ1) is 17.5. The van der Waals surface area contributed by atoms with E-state index in [0.29, 0.717) is 11.7 Å². The number of aryl methyl sites for hydroxylation is 1. The molecule has 144 valence electrons. The molecule has 1 aliphatic heterocycles. The van der Waals surface area contributed by atoms with Crippen LogP contribution in [0.3, 0.4) is 0 Å². The van der Waals surface area contributed by atoms with Crippen molar-refractivity contribution in [2.75, 3.05) is 13.2 Å². The molecule has 1 unspecified atom stereocenters. The zero-order valence-electron chi connectivity index (χ0n) is 15.9. The number of aromatic nitrogens is 2. The highest BCUT2D eigenvalue weighted by Crippen LogP contribution is 2.26. The van der Waals surface area contributed by atoms with E-state index < -0.39 is 0 Å². The van der Waals surface area contributed by atoms with Crippen molar-refractivity contribution >= 4 is 17.0 Å². The van der Waals surface area contributed by atoms with Gasteiger partial charge in [-0.1, -0.05) is 12.1 Å². The summed E-state index contributed by atoms with van der Waals surface area (Å²) in [6.07, 6.45) is 8.78. The fourth-order valence-electron chi connectivity index (χ4n) is 4.20. The molecule has 28 heavy (non-hydrogen) atoms. The molecular weight excluding hydrogens is 350 g/mol. The van der Waals surface area contributed by atoms with E-state index >= 15 is 0 Å². The maximum absolute atomic E-state index is 12.6. The Kier molecular flexibility index (Phi) is 4.63. The number of allylic oxidation sites excluding steroid dienone is 1. The number of H-pyrrole nitrogens is 2. The fraction of sp³-hybridized carbons (Fsp3) is 0.348. The predicted octanol–water partition coefficient (Wildman–Crippen LogP) is 3.75. The third-order valence-corrected chi connectivity index (χ3v) is 5.72. The van der Waals surface area contributed by atoms with Crippen LogP contribution in [0.4, 0.5) is 0 Å². The van der Waals surface area contributed by atoms with E-state index in [1.54, 1.807) is 0 Å². The summed E-state index contributed by atoms with van der Waals surface area (Å²) in [6, 6.07) is 10.5. The van der Waals surface area contributed by atoms with Crippen LogP contribution >= 0.6 is 0 Å². The van der Waals surface area contributed by atoms with Crippen LogP contribution < -0.4 is 10.9 Å². The second-order valence-electron chi connectivity index (χ2n) is 7.76. The highest BCUT2D eigenvalue weighted by atomic mass is 16.5. The topological polar surface area (TPSA) is 69.9 Å². The molecule has 3 N–H and O–H groups in total. The Hall–Kier alpha value is -2.63. The number of pyridine rings is 1. The van der Waals surface area contributed by atoms with Crippen molar-refractivity contribution in [2.45, 2.75) is 38.3 Å². The van der Waals surface area contributed by atoms with E-state index in [2.05, 4.69) is 45.6 Å². The Morgan fingerprint density at radius 3 is 3.04 bits per heavy atom. The first-order valence-electron chi connectivity index (χ1n) is 10.1. The van der Waals surface area contributed by atoms with Gasteiger partial charge in [0.15, 0.2) is 0 Å². The van der Waals surface area contributed by atoms with Gasteiger partial charge in [-0.3, -0.25) is 4.79 Å². The van der Waals surface area contributed by atoms with Crippen molar-refractivity contribution in [3.8, 4) is 11.3 Å². The lowest BCUT2D eigenvalue weighted by Gasteiger charge is -2.11. The minimum atomic E-state index is -0.0460. The Morgan fingerprint density at radius 2 is 2.14 bits per heavy atom. The van der Waals surface area contributed by atoms with Crippen molar-refractivity contribution in [3.05, 3.63) is 63.6 Å². The van der Waals surface area contributed by atoms with Gasteiger partial charge < -0.3 is 20.0 Å². The molecule has 3 aromatic rings. The van der Waals surface area contributed by atoms with Gasteiger partial charge in [-0.15, -0.1) is 0 Å². The fourth-order valence-corrected chi connectivity index (χ4v) is 4.20. The SMILES string of the molecule is O=c1[nH]c2c(cc1-c1cc3cc(CNCC4CCCO4)ccc3[nH]1)CCC=C2. The Morgan fingerprint density at radius 1 is 1.18 bits per heavy atom. The maximum Gasteiger partial charge on any atom is 0.257 e. The molecule has 0 saturated carbocycles. The molecule has 0 bridgehead atoms. The van der Waals surface area contributed by atoms with E-state index in [1.165, 1.54) is 17.5 Å². The van der Waals surface area contributed by atoms with Crippen LogP contribution in [0.25, 0.3) is 28.2 Å². The first-order chi connectivity index (χ1) is 13.8. The summed E-state index contributed by atoms with van der Waals surface area (Å²) in [5.41, 5.74) is 5.97. The number of hydrogen-bond donors (Lipinski definition) is 3. The van der Waals surface area contributed by atoms with Crippen LogP contribution in [0.15, 0.2) is 41.2 Å². The minimum Gasteiger partial charge on any atom is -0.377 e. The second-order valence-corrected chi connectivity index (χ2v) is 7.76. The molecule has 1 saturated heterocycles. The summed E-state index contributed by atoms with van der Waals surface area (Å²) in [4.78, 5) is 19.0. The standard InChI is InChI=1S/C23H25N3O2/c27-23-19(11-16-4-1-2-6-20(16)26-23)22-12-17-10-15(7-8-21(17)25-22)13-24-14-18-5-3-9-28-18/h2,6-8,10-12,18,24-25H,1,3-5,9,13-14H2,(H,26,27). The number of nitrogens with one attached hydrogen (secondary N) is 3. The molecule has 5 nitrogen and oxygen atoms in total. The Balaban J connectivity index is 1.38. The van der Waals surface area contributed by atoms with Gasteiger partial charge in [0, 0.05) is 36.3 Å². The predicted molar refractivity (Wildman–Crippen MR) is 112 cm³/mol. The van der Waals surface area contributed by atoms with Crippen LogP contribution in [-0.4, -0.2) is 29.2 Å². The first-order valence-corrected chi connectivity index (χ1v) is 10.1. The molecule has 5 heteroatoms. The van der Waals surface area contributed by atoms with E-state index in [1.807, 2.05) is 12.1 Å². The molecule has 0 spiro atoms. The van der Waals surface area contributed by atoms with Gasteiger partial charge in [-0.25, -0.2) is 0 Å². The third-order valence-electron chi connectivity index (χ3n) is 5.72. The van der Waals surface area contributed by atoms with E-state index in [4.69, 9.17) is 4.74 Å². The zero-order chi connectivity index (χ0) is 18.9. The smallest absolute Gasteiger partial charge is 0.257 e. The molecule has 1 fully saturated rings. The van der Waals surface area contributed by atoms with Crippen molar-refractivity contribution < 1.29 is 4.74 Å². The molecule has 0 radical (unpaired) electrons. The highest BCUT2D eigenvalue weighted by molar-refractivity contribution is 5.86. The zero-order valence-corrected chi connectivity index (χ0v) is 15.9. The van der Waals surface area contributed by atoms with E-state index in [-0.39, 0.29) is 5.56 Å². The third kappa shape index (κ3) is 3.43. The molecule has 1 aliphatic carbocycles. The van der Waals surface area contributed by atoms with Crippen LogP contribution in [0.2, 0.25) is 0 Å². The van der Waals surface area contributed by atoms with E-state index in [0.717, 1.165) is 61.2 Å². The summed E-state index contributed by atoms with van der Waals surface area (Å²) >= 11 is 0. The Bertz CT molecular complexity index is 1090. The summed E-state index contributed by atoms with van der Waals surface area (Å²) in [5.74, 6) is 0. The largest absolute Gasteiger partial charge is 0.377 e. The molecule has 2 aromatic heterocycles. The average molecular weight is 375 g/mol. The van der Waals surface area contributed by atoms with Crippen LogP contribution in [-0.2, 0) is 17.7 Å². The van der Waals surface area contributed by atoms with Gasteiger partial charge in [0.05, 0.1) is 17.4 Å². The molecule has 3 heterocycles. The number of hydrogen-bond acceptors (Lipinski definition) is 3. The molecular formula is C23H25N3O2. The van der Waals surface area contributed by atoms with Crippen LogP contribution in [0.1, 0.15) is 36.1 Å². The van der Waals surface area contributed by atoms with Gasteiger partial charge in [0.1, 0.15) is 0 Å². The molecule has 0 amide bonds. The molecule has 1 atom stereocenters. The summed E-state index contributed by atoms with van der Waals surface area (Å²) in [7, 11) is 0. The van der Waals surface area contributed by atoms with Crippen LogP contribution in [0.5, 0.6) is 0 Å². The summed E-state index contributed by atoms with van der Waals surface area (Å²) in [6.45, 7) is 2.61. The average Bonchev–Trinajstić information content (AvgIpc) is 3.36. The summed E-state index contributed by atoms with van der Waals surface area (Å²) < 4.78 is 5.66. The van der Waals surface area contributed by atoms with Crippen molar-refractivity contribution in [1.29, 1.82) is 0 Å². The van der Waals surface area contributed by atoms with E-state index in [9.17, 15) is 4.79 Å². The van der Waals surface area contributed by atoms with Gasteiger partial charge in [-0.05, 0) is 67.2 Å². The van der Waals surface area contributed by atoms with Gasteiger partial charge in [-0.2, -0.15) is 0 Å². The lowest BCUT2D eigenvalue weighted by molar-refractivity contribution is 0.110. The minimum absolute atomic E-state index is 0.0460. The van der Waals surface area contributed by atoms with Crippen molar-refractivity contribution in [2.24, 2.45) is 0 Å². The second kappa shape index (κ2) is 7.41. The van der Waals surface area contributed by atoms with Gasteiger partial charge in [0.2, 0.25) is 0 Å². The van der Waals surface area contributed by atoms with Gasteiger partial charge >= 0.3 is 0 Å². The normalized spacial score (nSPS) is 18.6.